The van der Waals surface area contributed by atoms with Gasteiger partial charge in [0, 0.05) is 18.4 Å². The van der Waals surface area contributed by atoms with Crippen molar-refractivity contribution in [2.45, 2.75) is 49.7 Å². The normalized spacial score (nSPS) is 25.7. The van der Waals surface area contributed by atoms with Gasteiger partial charge in [0.2, 0.25) is 0 Å². The third-order valence-electron chi connectivity index (χ3n) is 4.12. The van der Waals surface area contributed by atoms with Crippen LogP contribution in [0.25, 0.3) is 0 Å². The summed E-state index contributed by atoms with van der Waals surface area (Å²) in [4.78, 5) is 0. The fraction of sp³-hybridized carbons (Fsp3) is 0.600. The second kappa shape index (κ2) is 5.10. The lowest BCUT2D eigenvalue weighted by molar-refractivity contribution is -0.153. The van der Waals surface area contributed by atoms with Crippen molar-refractivity contribution in [2.24, 2.45) is 0 Å². The van der Waals surface area contributed by atoms with Crippen LogP contribution in [-0.2, 0) is 10.6 Å². The van der Waals surface area contributed by atoms with Gasteiger partial charge >= 0.3 is 0 Å². The van der Waals surface area contributed by atoms with Gasteiger partial charge in [0.25, 0.3) is 0 Å². The summed E-state index contributed by atoms with van der Waals surface area (Å²) in [6, 6.07) is 8.05. The number of hydrogen-bond acceptors (Lipinski definition) is 2. The van der Waals surface area contributed by atoms with E-state index in [0.717, 1.165) is 30.8 Å². The smallest absolute Gasteiger partial charge is 0.124 e. The zero-order valence-electron chi connectivity index (χ0n) is 10.5. The van der Waals surface area contributed by atoms with Crippen LogP contribution in [-0.4, -0.2) is 18.3 Å². The maximum Gasteiger partial charge on any atom is 0.124 e. The maximum atomic E-state index is 6.14. The number of alkyl halides is 1. The summed E-state index contributed by atoms with van der Waals surface area (Å²) in [7, 11) is 0. The molecule has 0 bridgehead atoms. The molecule has 1 aromatic rings. The highest BCUT2D eigenvalue weighted by Gasteiger charge is 2.43. The predicted octanol–water partition coefficient (Wildman–Crippen LogP) is 3.91. The molecule has 1 aromatic carbocycles. The van der Waals surface area contributed by atoms with Crippen molar-refractivity contribution < 1.29 is 9.47 Å². The van der Waals surface area contributed by atoms with E-state index in [1.165, 1.54) is 19.3 Å². The molecule has 1 saturated heterocycles. The Morgan fingerprint density at radius 1 is 1.33 bits per heavy atom. The third kappa shape index (κ3) is 2.36. The zero-order chi connectivity index (χ0) is 12.4. The van der Waals surface area contributed by atoms with Crippen molar-refractivity contribution in [3.8, 4) is 5.75 Å². The minimum atomic E-state index is 0.138. The van der Waals surface area contributed by atoms with Crippen molar-refractivity contribution in [2.75, 3.05) is 6.61 Å². The summed E-state index contributed by atoms with van der Waals surface area (Å²) >= 11 is 5.94. The quantitative estimate of drug-likeness (QED) is 0.773. The average molecular weight is 267 g/mol. The predicted molar refractivity (Wildman–Crippen MR) is 72.2 cm³/mol. The zero-order valence-corrected chi connectivity index (χ0v) is 11.3. The monoisotopic (exact) mass is 266 g/mol. The molecule has 98 valence electrons. The molecule has 1 aliphatic carbocycles. The highest BCUT2D eigenvalue weighted by atomic mass is 35.5. The van der Waals surface area contributed by atoms with Gasteiger partial charge in [-0.15, -0.1) is 11.6 Å². The SMILES string of the molecule is ClCc1ccccc1OC1CCOC2(CCC2)C1. The first-order valence-electron chi connectivity index (χ1n) is 6.76. The van der Waals surface area contributed by atoms with E-state index in [0.29, 0.717) is 5.88 Å². The number of rotatable bonds is 3. The Morgan fingerprint density at radius 3 is 2.89 bits per heavy atom. The first-order chi connectivity index (χ1) is 8.81. The molecule has 1 aliphatic heterocycles. The highest BCUT2D eigenvalue weighted by Crippen LogP contribution is 2.43. The van der Waals surface area contributed by atoms with E-state index in [-0.39, 0.29) is 11.7 Å². The molecule has 0 aromatic heterocycles. The molecular weight excluding hydrogens is 248 g/mol. The van der Waals surface area contributed by atoms with Crippen LogP contribution in [0.5, 0.6) is 5.75 Å². The fourth-order valence-corrected chi connectivity index (χ4v) is 3.13. The van der Waals surface area contributed by atoms with Crippen LogP contribution < -0.4 is 4.74 Å². The molecule has 3 heteroatoms. The number of ether oxygens (including phenoxy) is 2. The Balaban J connectivity index is 1.68. The maximum absolute atomic E-state index is 6.14. The molecule has 0 amide bonds. The standard InChI is InChI=1S/C15H19ClO2/c16-11-12-4-1-2-5-14(12)18-13-6-9-17-15(10-13)7-3-8-15/h1-2,4-5,13H,3,6-11H2. The van der Waals surface area contributed by atoms with Gasteiger partial charge < -0.3 is 9.47 Å². The van der Waals surface area contributed by atoms with Crippen molar-refractivity contribution in [1.29, 1.82) is 0 Å². The van der Waals surface area contributed by atoms with Crippen LogP contribution in [0, 0.1) is 0 Å². The Labute approximate surface area is 113 Å². The first-order valence-corrected chi connectivity index (χ1v) is 7.29. The lowest BCUT2D eigenvalue weighted by Gasteiger charge is -2.47. The van der Waals surface area contributed by atoms with Gasteiger partial charge in [-0.3, -0.25) is 0 Å². The van der Waals surface area contributed by atoms with E-state index in [9.17, 15) is 0 Å². The highest BCUT2D eigenvalue weighted by molar-refractivity contribution is 6.17. The molecule has 1 atom stereocenters. The number of para-hydroxylation sites is 1. The second-order valence-electron chi connectivity index (χ2n) is 5.36. The molecule has 2 nitrogen and oxygen atoms in total. The summed E-state index contributed by atoms with van der Waals surface area (Å²) in [6.45, 7) is 0.827. The topological polar surface area (TPSA) is 18.5 Å². The van der Waals surface area contributed by atoms with Gasteiger partial charge in [-0.05, 0) is 25.3 Å². The molecule has 1 saturated carbocycles. The van der Waals surface area contributed by atoms with Gasteiger partial charge in [0.15, 0.2) is 0 Å². The van der Waals surface area contributed by atoms with Gasteiger partial charge in [0.05, 0.1) is 18.1 Å². The van der Waals surface area contributed by atoms with Gasteiger partial charge in [0.1, 0.15) is 11.9 Å². The second-order valence-corrected chi connectivity index (χ2v) is 5.63. The molecule has 1 heterocycles. The van der Waals surface area contributed by atoms with E-state index < -0.39 is 0 Å². The van der Waals surface area contributed by atoms with Crippen LogP contribution in [0.4, 0.5) is 0 Å². The van der Waals surface area contributed by atoms with E-state index in [4.69, 9.17) is 21.1 Å². The summed E-state index contributed by atoms with van der Waals surface area (Å²) in [5.74, 6) is 1.44. The van der Waals surface area contributed by atoms with Crippen molar-refractivity contribution >= 4 is 11.6 Å². The summed E-state index contributed by atoms with van der Waals surface area (Å²) in [5.41, 5.74) is 1.21. The van der Waals surface area contributed by atoms with Gasteiger partial charge in [-0.1, -0.05) is 18.2 Å². The molecule has 0 N–H and O–H groups in total. The van der Waals surface area contributed by atoms with Crippen LogP contribution in [0.3, 0.4) is 0 Å². The van der Waals surface area contributed by atoms with Crippen LogP contribution in [0.2, 0.25) is 0 Å². The lowest BCUT2D eigenvalue weighted by Crippen LogP contribution is -2.48. The van der Waals surface area contributed by atoms with E-state index in [1.54, 1.807) is 0 Å². The molecule has 3 rings (SSSR count). The summed E-state index contributed by atoms with van der Waals surface area (Å²) in [6.07, 6.45) is 5.99. The molecule has 1 unspecified atom stereocenters. The Bertz CT molecular complexity index is 415. The average Bonchev–Trinajstić information content (AvgIpc) is 2.38. The largest absolute Gasteiger partial charge is 0.490 e. The van der Waals surface area contributed by atoms with Crippen LogP contribution in [0.15, 0.2) is 24.3 Å². The van der Waals surface area contributed by atoms with Crippen LogP contribution in [0.1, 0.15) is 37.7 Å². The van der Waals surface area contributed by atoms with Gasteiger partial charge in [-0.25, -0.2) is 0 Å². The van der Waals surface area contributed by atoms with Gasteiger partial charge in [-0.2, -0.15) is 0 Å². The fourth-order valence-electron chi connectivity index (χ4n) is 2.91. The van der Waals surface area contributed by atoms with Crippen LogP contribution >= 0.6 is 11.6 Å². The van der Waals surface area contributed by atoms with Crippen molar-refractivity contribution in [3.63, 3.8) is 0 Å². The Morgan fingerprint density at radius 2 is 2.17 bits per heavy atom. The molecule has 0 radical (unpaired) electrons. The minimum Gasteiger partial charge on any atom is -0.490 e. The number of benzene rings is 1. The Kier molecular flexibility index (Phi) is 3.49. The number of hydrogen-bond donors (Lipinski definition) is 0. The number of halogens is 1. The minimum absolute atomic E-state index is 0.138. The van der Waals surface area contributed by atoms with E-state index in [1.807, 2.05) is 24.3 Å². The molecule has 18 heavy (non-hydrogen) atoms. The molecule has 2 fully saturated rings. The Hall–Kier alpha value is -0.730. The summed E-state index contributed by atoms with van der Waals surface area (Å²) in [5, 5.41) is 0. The van der Waals surface area contributed by atoms with E-state index in [2.05, 4.69) is 0 Å². The van der Waals surface area contributed by atoms with E-state index >= 15 is 0 Å². The lowest BCUT2D eigenvalue weighted by atomic mass is 9.74. The van der Waals surface area contributed by atoms with Crippen molar-refractivity contribution in [1.82, 2.24) is 0 Å². The molecule has 1 spiro atoms. The summed E-state index contributed by atoms with van der Waals surface area (Å²) < 4.78 is 12.1. The third-order valence-corrected chi connectivity index (χ3v) is 4.41. The first kappa shape index (κ1) is 12.3. The van der Waals surface area contributed by atoms with Crippen molar-refractivity contribution in [3.05, 3.63) is 29.8 Å². The molecule has 2 aliphatic rings. The molecular formula is C15H19ClO2.